The van der Waals surface area contributed by atoms with Crippen LogP contribution in [0.5, 0.6) is 0 Å². The first-order valence-corrected chi connectivity index (χ1v) is 2.84. The van der Waals surface area contributed by atoms with Gasteiger partial charge in [0.1, 0.15) is 0 Å². The van der Waals surface area contributed by atoms with Crippen molar-refractivity contribution in [2.75, 3.05) is 0 Å². The van der Waals surface area contributed by atoms with E-state index in [-0.39, 0.29) is 29.6 Å². The van der Waals surface area contributed by atoms with Gasteiger partial charge in [0.15, 0.2) is 0 Å². The van der Waals surface area contributed by atoms with E-state index in [2.05, 4.69) is 9.97 Å². The van der Waals surface area contributed by atoms with Crippen LogP contribution in [0.3, 0.4) is 0 Å². The third kappa shape index (κ3) is 1.24. The molecule has 0 bridgehead atoms. The van der Waals surface area contributed by atoms with Gasteiger partial charge in [0.05, 0.1) is 5.69 Å². The number of hydrogen-bond acceptors (Lipinski definition) is 1. The van der Waals surface area contributed by atoms with Gasteiger partial charge in [-0.05, 0) is 12.1 Å². The molecule has 0 saturated heterocycles. The summed E-state index contributed by atoms with van der Waals surface area (Å²) in [6.45, 7) is 0. The number of rotatable bonds is 0. The number of nitrogens with zero attached hydrogens (tertiary/aromatic N) is 1. The van der Waals surface area contributed by atoms with E-state index in [4.69, 9.17) is 0 Å². The average molecular weight is 142 g/mol. The molecule has 0 aromatic heterocycles. The molecule has 3 heteroatoms. The third-order valence-corrected chi connectivity index (χ3v) is 1.34. The summed E-state index contributed by atoms with van der Waals surface area (Å²) >= 11 is 0. The maximum atomic E-state index is 4.10. The Bertz CT molecular complexity index is 252. The van der Waals surface area contributed by atoms with Crippen LogP contribution in [0.2, 0.25) is 0 Å². The van der Waals surface area contributed by atoms with E-state index in [1.165, 1.54) is 0 Å². The second-order valence-corrected chi connectivity index (χ2v) is 1.93. The van der Waals surface area contributed by atoms with Crippen LogP contribution in [0.25, 0.3) is 11.3 Å². The van der Waals surface area contributed by atoms with Crippen molar-refractivity contribution < 1.29 is 0 Å². The second-order valence-electron chi connectivity index (χ2n) is 1.93. The van der Waals surface area contributed by atoms with Crippen molar-refractivity contribution in [3.8, 4) is 11.3 Å². The Kier molecular flexibility index (Phi) is 2.49. The predicted octanol–water partition coefficient (Wildman–Crippen LogP) is 0.866. The largest absolute Gasteiger partial charge is 0.367 e. The number of hydrogen-bond donors (Lipinski definition) is 1. The molecule has 2 heterocycles. The molecule has 2 aliphatic heterocycles. The third-order valence-electron chi connectivity index (χ3n) is 1.34. The summed E-state index contributed by atoms with van der Waals surface area (Å²) < 4.78 is 0. The molecule has 10 heavy (non-hydrogen) atoms. The van der Waals surface area contributed by atoms with E-state index in [0.29, 0.717) is 0 Å². The average Bonchev–Trinajstić information content (AvgIpc) is 2.33. The molecule has 1 N–H and O–H groups in total. The summed E-state index contributed by atoms with van der Waals surface area (Å²) in [6, 6.07) is 3.93. The Morgan fingerprint density at radius 1 is 1.30 bits per heavy atom. The van der Waals surface area contributed by atoms with Gasteiger partial charge in [0, 0.05) is 24.2 Å². The number of H-pyrrole nitrogens is 1. The Hall–Kier alpha value is -0.310. The predicted molar refractivity (Wildman–Crippen MR) is 42.4 cm³/mol. The zero-order valence-corrected chi connectivity index (χ0v) is 4.83. The smallest absolute Gasteiger partial charge is 0.0731 e. The van der Waals surface area contributed by atoms with Gasteiger partial charge in [-0.25, -0.2) is 0 Å². The fourth-order valence-electron chi connectivity index (χ4n) is 0.884. The molecule has 0 atom stereocenters. The van der Waals surface area contributed by atoms with Crippen LogP contribution >= 0.6 is 0 Å². The standard InChI is InChI=1S/C7H6N2.Na.H/c1-4-9-7-2-3-8-5-6(1)7;;/h1-5,8H;;. The maximum absolute atomic E-state index is 4.10. The number of fused-ring (bicyclic) bond motifs is 1. The summed E-state index contributed by atoms with van der Waals surface area (Å²) in [5.74, 6) is 0. The van der Waals surface area contributed by atoms with Gasteiger partial charge < -0.3 is 4.98 Å². The fraction of sp³-hybridized carbons (Fsp3) is 0. The number of nitrogens with one attached hydrogen (secondary N) is 1. The Morgan fingerprint density at radius 3 is 3.00 bits per heavy atom. The van der Waals surface area contributed by atoms with Crippen molar-refractivity contribution in [1.82, 2.24) is 9.97 Å². The van der Waals surface area contributed by atoms with Gasteiger partial charge in [0.25, 0.3) is 0 Å². The molecule has 0 aromatic carbocycles. The summed E-state index contributed by atoms with van der Waals surface area (Å²) in [5.41, 5.74) is 2.21. The van der Waals surface area contributed by atoms with Gasteiger partial charge in [-0.2, -0.15) is 0 Å². The zero-order chi connectivity index (χ0) is 6.10. The van der Waals surface area contributed by atoms with E-state index in [1.807, 2.05) is 24.5 Å². The Labute approximate surface area is 81.3 Å². The fourth-order valence-corrected chi connectivity index (χ4v) is 0.884. The topological polar surface area (TPSA) is 28.7 Å². The van der Waals surface area contributed by atoms with E-state index in [9.17, 15) is 0 Å². The zero-order valence-electron chi connectivity index (χ0n) is 4.83. The van der Waals surface area contributed by atoms with Crippen molar-refractivity contribution in [2.24, 2.45) is 0 Å². The first-order valence-electron chi connectivity index (χ1n) is 2.84. The second kappa shape index (κ2) is 3.19. The molecule has 2 nitrogen and oxygen atoms in total. The van der Waals surface area contributed by atoms with Crippen molar-refractivity contribution in [2.45, 2.75) is 0 Å². The normalized spacial score (nSPS) is 9.20. The first-order chi connectivity index (χ1) is 4.47. The molecule has 0 spiro atoms. The van der Waals surface area contributed by atoms with Crippen LogP contribution in [0.4, 0.5) is 0 Å². The monoisotopic (exact) mass is 142 g/mol. The molecule has 0 aromatic rings. The number of aromatic amines is 1. The maximum Gasteiger partial charge on any atom is 0.0731 e. The van der Waals surface area contributed by atoms with Gasteiger partial charge in [-0.15, -0.1) is 0 Å². The van der Waals surface area contributed by atoms with Crippen LogP contribution in [0, 0.1) is 0 Å². The van der Waals surface area contributed by atoms with Crippen molar-refractivity contribution in [1.29, 1.82) is 0 Å². The number of pyridine rings is 1. The Morgan fingerprint density at radius 2 is 2.20 bits per heavy atom. The number of aromatic nitrogens is 2. The van der Waals surface area contributed by atoms with Crippen LogP contribution < -0.4 is 0 Å². The molecule has 2 aliphatic rings. The minimum atomic E-state index is 0. The van der Waals surface area contributed by atoms with Gasteiger partial charge in [-0.1, -0.05) is 0 Å². The minimum absolute atomic E-state index is 0. The van der Waals surface area contributed by atoms with Crippen LogP contribution in [0.15, 0.2) is 30.7 Å². The van der Waals surface area contributed by atoms with Crippen molar-refractivity contribution in [3.63, 3.8) is 0 Å². The molecule has 0 fully saturated rings. The van der Waals surface area contributed by atoms with Gasteiger partial charge in [-0.3, -0.25) is 4.98 Å². The van der Waals surface area contributed by atoms with Crippen molar-refractivity contribution in [3.05, 3.63) is 30.7 Å². The van der Waals surface area contributed by atoms with E-state index in [1.54, 1.807) is 6.20 Å². The van der Waals surface area contributed by atoms with E-state index < -0.39 is 0 Å². The Balaban J connectivity index is 0.000000500. The minimum Gasteiger partial charge on any atom is -0.367 e. The first kappa shape index (κ1) is 7.79. The summed E-state index contributed by atoms with van der Waals surface area (Å²) in [6.07, 6.45) is 5.61. The van der Waals surface area contributed by atoms with Gasteiger partial charge in [0.2, 0.25) is 0 Å². The van der Waals surface area contributed by atoms with E-state index in [0.717, 1.165) is 11.3 Å². The van der Waals surface area contributed by atoms with Crippen LogP contribution in [-0.4, -0.2) is 39.5 Å². The molecular weight excluding hydrogens is 135 g/mol. The van der Waals surface area contributed by atoms with E-state index >= 15 is 0 Å². The van der Waals surface area contributed by atoms with Crippen molar-refractivity contribution >= 4 is 29.6 Å². The molecule has 0 amide bonds. The van der Waals surface area contributed by atoms with Crippen LogP contribution in [-0.2, 0) is 0 Å². The SMILES string of the molecule is [NaH].c1cc2c[nH]ccc-2n1. The molecule has 0 saturated carbocycles. The summed E-state index contributed by atoms with van der Waals surface area (Å²) in [5, 5.41) is 0. The molecule has 46 valence electrons. The van der Waals surface area contributed by atoms with Gasteiger partial charge >= 0.3 is 29.6 Å². The van der Waals surface area contributed by atoms with Crippen LogP contribution in [0.1, 0.15) is 0 Å². The quantitative estimate of drug-likeness (QED) is 0.543. The summed E-state index contributed by atoms with van der Waals surface area (Å²) in [4.78, 5) is 7.08. The molecule has 2 rings (SSSR count). The molecule has 0 aliphatic carbocycles. The molecule has 0 unspecified atom stereocenters. The molecular formula is C7H7N2Na. The molecule has 0 radical (unpaired) electrons. The summed E-state index contributed by atoms with van der Waals surface area (Å²) in [7, 11) is 0.